The van der Waals surface area contributed by atoms with E-state index in [1.54, 1.807) is 11.8 Å². The van der Waals surface area contributed by atoms with Crippen LogP contribution in [0.25, 0.3) is 0 Å². The highest BCUT2D eigenvalue weighted by atomic mass is 32.2. The molecule has 0 aromatic heterocycles. The summed E-state index contributed by atoms with van der Waals surface area (Å²) in [7, 11) is 0. The molecule has 0 aliphatic heterocycles. The number of hydrogen-bond donors (Lipinski definition) is 1. The van der Waals surface area contributed by atoms with E-state index in [-0.39, 0.29) is 5.60 Å². The van der Waals surface area contributed by atoms with Gasteiger partial charge in [-0.2, -0.15) is 0 Å². The molecule has 0 fully saturated rings. The molecule has 0 atom stereocenters. The second kappa shape index (κ2) is 5.93. The predicted octanol–water partition coefficient (Wildman–Crippen LogP) is 5.30. The van der Waals surface area contributed by atoms with Gasteiger partial charge in [-0.05, 0) is 69.3 Å². The van der Waals surface area contributed by atoms with Gasteiger partial charge < -0.3 is 4.74 Å². The van der Waals surface area contributed by atoms with Gasteiger partial charge in [-0.15, -0.1) is 12.6 Å². The lowest BCUT2D eigenvalue weighted by atomic mass is 10.2. The second-order valence-corrected chi connectivity index (χ2v) is 6.95. The minimum atomic E-state index is -0.156. The molecule has 100 valence electrons. The molecule has 2 rings (SSSR count). The highest BCUT2D eigenvalue weighted by molar-refractivity contribution is 7.99. The van der Waals surface area contributed by atoms with Crippen molar-refractivity contribution < 1.29 is 4.74 Å². The first-order chi connectivity index (χ1) is 8.92. The van der Waals surface area contributed by atoms with Crippen LogP contribution >= 0.6 is 24.4 Å². The largest absolute Gasteiger partial charge is 0.488 e. The third-order valence-corrected chi connectivity index (χ3v) is 3.63. The van der Waals surface area contributed by atoms with Crippen LogP contribution in [0.3, 0.4) is 0 Å². The van der Waals surface area contributed by atoms with Gasteiger partial charge in [0.2, 0.25) is 0 Å². The molecule has 1 nitrogen and oxygen atoms in total. The van der Waals surface area contributed by atoms with Crippen molar-refractivity contribution in [1.82, 2.24) is 0 Å². The van der Waals surface area contributed by atoms with Crippen molar-refractivity contribution in [1.29, 1.82) is 0 Å². The van der Waals surface area contributed by atoms with Crippen molar-refractivity contribution in [2.45, 2.75) is 41.1 Å². The Kier molecular flexibility index (Phi) is 4.48. The Morgan fingerprint density at radius 2 is 1.32 bits per heavy atom. The van der Waals surface area contributed by atoms with E-state index in [2.05, 4.69) is 57.7 Å². The minimum Gasteiger partial charge on any atom is -0.488 e. The van der Waals surface area contributed by atoms with Crippen molar-refractivity contribution >= 4 is 24.4 Å². The molecule has 0 bridgehead atoms. The van der Waals surface area contributed by atoms with Crippen molar-refractivity contribution in [3.05, 3.63) is 48.5 Å². The van der Waals surface area contributed by atoms with E-state index >= 15 is 0 Å². The predicted molar refractivity (Wildman–Crippen MR) is 84.6 cm³/mol. The minimum absolute atomic E-state index is 0.156. The van der Waals surface area contributed by atoms with Gasteiger partial charge in [-0.1, -0.05) is 11.8 Å². The average Bonchev–Trinajstić information content (AvgIpc) is 2.33. The van der Waals surface area contributed by atoms with Gasteiger partial charge in [0, 0.05) is 14.7 Å². The molecule has 0 aliphatic rings. The molecule has 0 spiro atoms. The standard InChI is InChI=1S/C16H18OS2/c1-16(2,3)17-12-4-8-14(9-5-12)19-15-10-6-13(18)7-11-15/h4-11,18H,1-3H3. The maximum Gasteiger partial charge on any atom is 0.120 e. The summed E-state index contributed by atoms with van der Waals surface area (Å²) in [6.07, 6.45) is 0. The second-order valence-electron chi connectivity index (χ2n) is 5.28. The van der Waals surface area contributed by atoms with Gasteiger partial charge in [-0.3, -0.25) is 0 Å². The van der Waals surface area contributed by atoms with Crippen LogP contribution in [0.4, 0.5) is 0 Å². The van der Waals surface area contributed by atoms with Crippen molar-refractivity contribution in [3.63, 3.8) is 0 Å². The smallest absolute Gasteiger partial charge is 0.120 e. The van der Waals surface area contributed by atoms with Gasteiger partial charge in [0.25, 0.3) is 0 Å². The lowest BCUT2D eigenvalue weighted by Crippen LogP contribution is -2.22. The summed E-state index contributed by atoms with van der Waals surface area (Å²) in [6, 6.07) is 16.4. The van der Waals surface area contributed by atoms with Crippen molar-refractivity contribution in [2.24, 2.45) is 0 Å². The van der Waals surface area contributed by atoms with Gasteiger partial charge in [-0.25, -0.2) is 0 Å². The van der Waals surface area contributed by atoms with Crippen LogP contribution in [0, 0.1) is 0 Å². The van der Waals surface area contributed by atoms with Crippen LogP contribution < -0.4 is 4.74 Å². The fourth-order valence-corrected chi connectivity index (χ4v) is 2.55. The maximum atomic E-state index is 5.80. The summed E-state index contributed by atoms with van der Waals surface area (Å²) in [5.41, 5.74) is -0.156. The normalized spacial score (nSPS) is 11.4. The van der Waals surface area contributed by atoms with Gasteiger partial charge in [0.1, 0.15) is 11.4 Å². The summed E-state index contributed by atoms with van der Waals surface area (Å²) >= 11 is 6.02. The third-order valence-electron chi connectivity index (χ3n) is 2.32. The first kappa shape index (κ1) is 14.4. The number of benzene rings is 2. The molecule has 0 saturated heterocycles. The lowest BCUT2D eigenvalue weighted by Gasteiger charge is -2.21. The average molecular weight is 290 g/mol. The Balaban J connectivity index is 2.04. The van der Waals surface area contributed by atoms with Crippen molar-refractivity contribution in [2.75, 3.05) is 0 Å². The SMILES string of the molecule is CC(C)(C)Oc1ccc(Sc2ccc(S)cc2)cc1. The van der Waals surface area contributed by atoms with E-state index < -0.39 is 0 Å². The molecule has 0 amide bonds. The molecular formula is C16H18OS2. The molecule has 0 aliphatic carbocycles. The van der Waals surface area contributed by atoms with E-state index in [1.807, 2.05) is 24.3 Å². The number of thiol groups is 1. The summed E-state index contributed by atoms with van der Waals surface area (Å²) in [4.78, 5) is 3.40. The number of rotatable bonds is 3. The van der Waals surface area contributed by atoms with Crippen LogP contribution in [0.2, 0.25) is 0 Å². The van der Waals surface area contributed by atoms with Crippen LogP contribution in [0.15, 0.2) is 63.2 Å². The Morgan fingerprint density at radius 1 is 0.842 bits per heavy atom. The molecule has 0 heterocycles. The fraction of sp³-hybridized carbons (Fsp3) is 0.250. The topological polar surface area (TPSA) is 9.23 Å². The van der Waals surface area contributed by atoms with E-state index in [1.165, 1.54) is 9.79 Å². The third kappa shape index (κ3) is 4.84. The zero-order valence-corrected chi connectivity index (χ0v) is 13.1. The van der Waals surface area contributed by atoms with Gasteiger partial charge >= 0.3 is 0 Å². The van der Waals surface area contributed by atoms with E-state index in [9.17, 15) is 0 Å². The highest BCUT2D eigenvalue weighted by Gasteiger charge is 2.11. The van der Waals surface area contributed by atoms with Gasteiger partial charge in [0.05, 0.1) is 0 Å². The zero-order valence-electron chi connectivity index (χ0n) is 11.4. The summed E-state index contributed by atoms with van der Waals surface area (Å²) in [5, 5.41) is 0. The Bertz CT molecular complexity index is 524. The molecule has 0 saturated carbocycles. The Hall–Kier alpha value is -1.06. The summed E-state index contributed by atoms with van der Waals surface area (Å²) in [5.74, 6) is 0.905. The molecule has 3 heteroatoms. The first-order valence-electron chi connectivity index (χ1n) is 6.18. The molecule has 0 N–H and O–H groups in total. The summed E-state index contributed by atoms with van der Waals surface area (Å²) < 4.78 is 5.80. The quantitative estimate of drug-likeness (QED) is 0.768. The molecular weight excluding hydrogens is 272 g/mol. The van der Waals surface area contributed by atoms with Crippen LogP contribution in [-0.2, 0) is 0 Å². The zero-order chi connectivity index (χ0) is 13.9. The molecule has 0 radical (unpaired) electrons. The lowest BCUT2D eigenvalue weighted by molar-refractivity contribution is 0.131. The monoisotopic (exact) mass is 290 g/mol. The number of hydrogen-bond acceptors (Lipinski definition) is 3. The summed E-state index contributed by atoms with van der Waals surface area (Å²) in [6.45, 7) is 6.15. The first-order valence-corrected chi connectivity index (χ1v) is 7.45. The van der Waals surface area contributed by atoms with Gasteiger partial charge in [0.15, 0.2) is 0 Å². The van der Waals surface area contributed by atoms with E-state index in [0.717, 1.165) is 10.6 Å². The molecule has 19 heavy (non-hydrogen) atoms. The Labute approximate surface area is 124 Å². The van der Waals surface area contributed by atoms with E-state index in [4.69, 9.17) is 4.74 Å². The van der Waals surface area contributed by atoms with Crippen LogP contribution in [0.5, 0.6) is 5.75 Å². The van der Waals surface area contributed by atoms with Crippen LogP contribution in [-0.4, -0.2) is 5.60 Å². The van der Waals surface area contributed by atoms with Crippen molar-refractivity contribution in [3.8, 4) is 5.75 Å². The fourth-order valence-electron chi connectivity index (χ4n) is 1.58. The highest BCUT2D eigenvalue weighted by Crippen LogP contribution is 2.30. The molecule has 2 aromatic rings. The molecule has 2 aromatic carbocycles. The van der Waals surface area contributed by atoms with Crippen LogP contribution in [0.1, 0.15) is 20.8 Å². The Morgan fingerprint density at radius 3 is 1.79 bits per heavy atom. The maximum absolute atomic E-state index is 5.80. The van der Waals surface area contributed by atoms with E-state index in [0.29, 0.717) is 0 Å². The molecule has 0 unspecified atom stereocenters. The number of ether oxygens (including phenoxy) is 1.